The highest BCUT2D eigenvalue weighted by Gasteiger charge is 1.97. The third-order valence-corrected chi connectivity index (χ3v) is 4.93. The molecule has 1 N–H and O–H groups in total. The molecule has 0 atom stereocenters. The molecule has 0 fully saturated rings. The fraction of sp³-hybridized carbons (Fsp3) is 0.286. The molecule has 0 aliphatic rings. The van der Waals surface area contributed by atoms with Gasteiger partial charge in [0.25, 0.3) is 0 Å². The summed E-state index contributed by atoms with van der Waals surface area (Å²) in [4.78, 5) is 4.12. The molecule has 1 aromatic carbocycles. The average molecular weight is 342 g/mol. The largest absolute Gasteiger partial charge is 0.311 e. The molecule has 1 heterocycles. The Bertz CT molecular complexity index is 496. The van der Waals surface area contributed by atoms with Crippen molar-refractivity contribution >= 4 is 39.0 Å². The van der Waals surface area contributed by atoms with Crippen LogP contribution in [-0.2, 0) is 6.54 Å². The lowest BCUT2D eigenvalue weighted by Crippen LogP contribution is -2.15. The standard InChI is InChI=1S/C14H16BrNS2/c1-11-5-6-14(18-11)10-16-7-8-17-13-4-2-3-12(15)9-13/h2-6,9,16H,7-8,10H2,1H3. The Kier molecular flexibility index (Phi) is 5.76. The summed E-state index contributed by atoms with van der Waals surface area (Å²) >= 11 is 7.24. The summed E-state index contributed by atoms with van der Waals surface area (Å²) in [6.45, 7) is 4.17. The van der Waals surface area contributed by atoms with Crippen molar-refractivity contribution in [3.8, 4) is 0 Å². The Morgan fingerprint density at radius 1 is 1.28 bits per heavy atom. The Balaban J connectivity index is 1.64. The minimum atomic E-state index is 0.984. The van der Waals surface area contributed by atoms with Crippen molar-refractivity contribution in [2.24, 2.45) is 0 Å². The molecule has 1 aromatic heterocycles. The molecule has 0 bridgehead atoms. The van der Waals surface area contributed by atoms with Gasteiger partial charge in [-0.3, -0.25) is 0 Å². The molecule has 18 heavy (non-hydrogen) atoms. The van der Waals surface area contributed by atoms with Gasteiger partial charge in [0.2, 0.25) is 0 Å². The number of hydrogen-bond acceptors (Lipinski definition) is 3. The van der Waals surface area contributed by atoms with E-state index in [1.165, 1.54) is 14.6 Å². The topological polar surface area (TPSA) is 12.0 Å². The molecule has 0 saturated heterocycles. The fourth-order valence-electron chi connectivity index (χ4n) is 1.59. The second-order valence-corrected chi connectivity index (χ2v) is 7.45. The van der Waals surface area contributed by atoms with Crippen molar-refractivity contribution in [1.82, 2.24) is 5.32 Å². The third-order valence-electron chi connectivity index (χ3n) is 2.44. The second-order valence-electron chi connectivity index (χ2n) is 3.99. The first-order valence-electron chi connectivity index (χ1n) is 5.88. The molecule has 96 valence electrons. The predicted octanol–water partition coefficient (Wildman–Crippen LogP) is 4.70. The lowest BCUT2D eigenvalue weighted by molar-refractivity contribution is 0.741. The van der Waals surface area contributed by atoms with Crippen LogP contribution >= 0.6 is 39.0 Å². The molecule has 2 rings (SSSR count). The van der Waals surface area contributed by atoms with Crippen LogP contribution in [0.15, 0.2) is 45.8 Å². The van der Waals surface area contributed by atoms with Crippen molar-refractivity contribution in [3.63, 3.8) is 0 Å². The van der Waals surface area contributed by atoms with E-state index < -0.39 is 0 Å². The van der Waals surface area contributed by atoms with Crippen molar-refractivity contribution in [2.45, 2.75) is 18.4 Å². The lowest BCUT2D eigenvalue weighted by Gasteiger charge is -2.04. The summed E-state index contributed by atoms with van der Waals surface area (Å²) < 4.78 is 1.15. The minimum absolute atomic E-state index is 0.984. The van der Waals surface area contributed by atoms with E-state index >= 15 is 0 Å². The number of rotatable bonds is 6. The van der Waals surface area contributed by atoms with Crippen LogP contribution < -0.4 is 5.32 Å². The summed E-state index contributed by atoms with van der Waals surface area (Å²) in [5.74, 6) is 1.10. The SMILES string of the molecule is Cc1ccc(CNCCSc2cccc(Br)c2)s1. The van der Waals surface area contributed by atoms with Crippen LogP contribution in [-0.4, -0.2) is 12.3 Å². The molecule has 0 aliphatic carbocycles. The van der Waals surface area contributed by atoms with Crippen molar-refractivity contribution in [2.75, 3.05) is 12.3 Å². The maximum atomic E-state index is 3.49. The summed E-state index contributed by atoms with van der Waals surface area (Å²) in [5.41, 5.74) is 0. The number of hydrogen-bond donors (Lipinski definition) is 1. The quantitative estimate of drug-likeness (QED) is 0.603. The van der Waals surface area contributed by atoms with E-state index in [9.17, 15) is 0 Å². The maximum Gasteiger partial charge on any atom is 0.0300 e. The smallest absolute Gasteiger partial charge is 0.0300 e. The Morgan fingerprint density at radius 2 is 2.17 bits per heavy atom. The second kappa shape index (κ2) is 7.34. The Hall–Kier alpha value is -0.290. The average Bonchev–Trinajstić information content (AvgIpc) is 2.75. The number of nitrogens with one attached hydrogen (secondary N) is 1. The van der Waals surface area contributed by atoms with Crippen LogP contribution in [0.3, 0.4) is 0 Å². The van der Waals surface area contributed by atoms with Gasteiger partial charge in [0.1, 0.15) is 0 Å². The predicted molar refractivity (Wildman–Crippen MR) is 85.6 cm³/mol. The van der Waals surface area contributed by atoms with Crippen molar-refractivity contribution in [3.05, 3.63) is 50.6 Å². The highest BCUT2D eigenvalue weighted by molar-refractivity contribution is 9.10. The number of thioether (sulfide) groups is 1. The van der Waals surface area contributed by atoms with Crippen molar-refractivity contribution < 1.29 is 0 Å². The van der Waals surface area contributed by atoms with Gasteiger partial charge in [0.15, 0.2) is 0 Å². The van der Waals surface area contributed by atoms with Gasteiger partial charge in [0, 0.05) is 38.0 Å². The summed E-state index contributed by atoms with van der Waals surface area (Å²) in [6, 6.07) is 12.8. The molecule has 0 spiro atoms. The monoisotopic (exact) mass is 341 g/mol. The highest BCUT2D eigenvalue weighted by Crippen LogP contribution is 2.21. The van der Waals surface area contributed by atoms with Gasteiger partial charge in [-0.2, -0.15) is 0 Å². The molecule has 2 aromatic rings. The van der Waals surface area contributed by atoms with E-state index in [0.29, 0.717) is 0 Å². The molecule has 0 saturated carbocycles. The van der Waals surface area contributed by atoms with E-state index in [2.05, 4.69) is 64.6 Å². The van der Waals surface area contributed by atoms with Gasteiger partial charge in [-0.25, -0.2) is 0 Å². The van der Waals surface area contributed by atoms with Gasteiger partial charge < -0.3 is 5.32 Å². The number of aryl methyl sites for hydroxylation is 1. The molecular formula is C14H16BrNS2. The minimum Gasteiger partial charge on any atom is -0.311 e. The van der Waals surface area contributed by atoms with Gasteiger partial charge >= 0.3 is 0 Å². The Labute approximate surface area is 125 Å². The van der Waals surface area contributed by atoms with Crippen molar-refractivity contribution in [1.29, 1.82) is 0 Å². The highest BCUT2D eigenvalue weighted by atomic mass is 79.9. The van der Waals surface area contributed by atoms with Crippen LogP contribution in [0.2, 0.25) is 0 Å². The van der Waals surface area contributed by atoms with Crippen LogP contribution in [0.5, 0.6) is 0 Å². The molecular weight excluding hydrogens is 326 g/mol. The lowest BCUT2D eigenvalue weighted by atomic mass is 10.4. The first-order chi connectivity index (χ1) is 8.74. The van der Waals surface area contributed by atoms with Gasteiger partial charge in [-0.1, -0.05) is 22.0 Å². The fourth-order valence-corrected chi connectivity index (χ4v) is 3.87. The summed E-state index contributed by atoms with van der Waals surface area (Å²) in [7, 11) is 0. The van der Waals surface area contributed by atoms with Crippen LogP contribution in [0.4, 0.5) is 0 Å². The van der Waals surface area contributed by atoms with Crippen LogP contribution in [0.25, 0.3) is 0 Å². The van der Waals surface area contributed by atoms with E-state index in [4.69, 9.17) is 0 Å². The molecule has 0 amide bonds. The number of thiophene rings is 1. The summed E-state index contributed by atoms with van der Waals surface area (Å²) in [6.07, 6.45) is 0. The van der Waals surface area contributed by atoms with Gasteiger partial charge in [-0.05, 0) is 37.3 Å². The molecule has 0 aliphatic heterocycles. The first-order valence-corrected chi connectivity index (χ1v) is 8.48. The zero-order valence-corrected chi connectivity index (χ0v) is 13.5. The van der Waals surface area contributed by atoms with Gasteiger partial charge in [0.05, 0.1) is 0 Å². The molecule has 4 heteroatoms. The summed E-state index contributed by atoms with van der Waals surface area (Å²) in [5, 5.41) is 3.48. The van der Waals surface area contributed by atoms with E-state index in [0.717, 1.165) is 23.3 Å². The molecule has 1 nitrogen and oxygen atoms in total. The number of halogens is 1. The van der Waals surface area contributed by atoms with E-state index in [1.807, 2.05) is 23.1 Å². The van der Waals surface area contributed by atoms with E-state index in [1.54, 1.807) is 0 Å². The third kappa shape index (κ3) is 4.76. The van der Waals surface area contributed by atoms with Crippen LogP contribution in [0.1, 0.15) is 9.75 Å². The Morgan fingerprint density at radius 3 is 2.89 bits per heavy atom. The first kappa shape index (κ1) is 14.1. The number of benzene rings is 1. The zero-order valence-electron chi connectivity index (χ0n) is 10.3. The van der Waals surface area contributed by atoms with Gasteiger partial charge in [-0.15, -0.1) is 23.1 Å². The molecule has 0 unspecified atom stereocenters. The van der Waals surface area contributed by atoms with Crippen LogP contribution in [0, 0.1) is 6.92 Å². The normalized spacial score (nSPS) is 10.8. The van der Waals surface area contributed by atoms with E-state index in [-0.39, 0.29) is 0 Å². The zero-order chi connectivity index (χ0) is 12.8. The maximum absolute atomic E-state index is 3.49. The molecule has 0 radical (unpaired) electrons.